The summed E-state index contributed by atoms with van der Waals surface area (Å²) < 4.78 is 74.0. The molecule has 1 fully saturated rings. The highest BCUT2D eigenvalue weighted by atomic mass is 32.2. The van der Waals surface area contributed by atoms with Gasteiger partial charge in [-0.05, 0) is 85.3 Å². The lowest BCUT2D eigenvalue weighted by atomic mass is 9.96. The van der Waals surface area contributed by atoms with Crippen molar-refractivity contribution in [2.24, 2.45) is 11.1 Å². The predicted octanol–water partition coefficient (Wildman–Crippen LogP) is 6.40. The van der Waals surface area contributed by atoms with Crippen molar-refractivity contribution in [3.05, 3.63) is 107 Å². The van der Waals surface area contributed by atoms with E-state index in [1.165, 1.54) is 53.8 Å². The third kappa shape index (κ3) is 5.90. The molecule has 0 radical (unpaired) electrons. The Morgan fingerprint density at radius 1 is 1.00 bits per heavy atom. The fourth-order valence-electron chi connectivity index (χ4n) is 4.63. The molecule has 41 heavy (non-hydrogen) atoms. The van der Waals surface area contributed by atoms with E-state index in [0.29, 0.717) is 34.3 Å². The van der Waals surface area contributed by atoms with Crippen LogP contribution >= 0.6 is 11.3 Å². The molecular formula is C29H23F3N4O3S2. The first-order valence-electron chi connectivity index (χ1n) is 12.7. The summed E-state index contributed by atoms with van der Waals surface area (Å²) in [5.41, 5.74) is 3.24. The molecule has 0 amide bonds. The van der Waals surface area contributed by atoms with Crippen molar-refractivity contribution in [2.75, 3.05) is 0 Å². The van der Waals surface area contributed by atoms with E-state index < -0.39 is 32.4 Å². The smallest absolute Gasteiger partial charge is 0.240 e. The minimum atomic E-state index is -4.22. The fourth-order valence-corrected chi connectivity index (χ4v) is 5.84. The van der Waals surface area contributed by atoms with Gasteiger partial charge < -0.3 is 4.74 Å². The van der Waals surface area contributed by atoms with Gasteiger partial charge in [0.25, 0.3) is 0 Å². The fraction of sp³-hybridized carbons (Fsp3) is 0.172. The highest BCUT2D eigenvalue weighted by molar-refractivity contribution is 7.89. The molecule has 1 aliphatic rings. The number of thiazole rings is 1. The lowest BCUT2D eigenvalue weighted by Gasteiger charge is -2.11. The van der Waals surface area contributed by atoms with Gasteiger partial charge in [0.1, 0.15) is 22.3 Å². The Balaban J connectivity index is 1.47. The van der Waals surface area contributed by atoms with E-state index in [1.54, 1.807) is 16.9 Å². The van der Waals surface area contributed by atoms with Gasteiger partial charge in [0.15, 0.2) is 11.6 Å². The third-order valence-corrected chi connectivity index (χ3v) is 8.49. The van der Waals surface area contributed by atoms with Gasteiger partial charge in [-0.3, -0.25) is 0 Å². The van der Waals surface area contributed by atoms with E-state index in [4.69, 9.17) is 15.0 Å². The van der Waals surface area contributed by atoms with Crippen molar-refractivity contribution in [1.82, 2.24) is 14.8 Å². The molecule has 2 heterocycles. The maximum Gasteiger partial charge on any atom is 0.240 e. The molecule has 0 saturated heterocycles. The topological polar surface area (TPSA) is 100 Å². The highest BCUT2D eigenvalue weighted by Crippen LogP contribution is 2.39. The molecule has 2 N–H and O–H groups in total. The van der Waals surface area contributed by atoms with Gasteiger partial charge in [0.05, 0.1) is 11.4 Å². The first-order valence-corrected chi connectivity index (χ1v) is 15.1. The Morgan fingerprint density at radius 3 is 2.44 bits per heavy atom. The van der Waals surface area contributed by atoms with Crippen LogP contribution in [0.3, 0.4) is 0 Å². The Hall–Kier alpha value is -4.00. The minimum absolute atomic E-state index is 0.0730. The Morgan fingerprint density at radius 2 is 1.78 bits per heavy atom. The number of benzene rings is 3. The number of halogens is 3. The Kier molecular flexibility index (Phi) is 7.14. The second-order valence-corrected chi connectivity index (χ2v) is 12.2. The zero-order chi connectivity index (χ0) is 28.7. The van der Waals surface area contributed by atoms with Crippen molar-refractivity contribution in [3.8, 4) is 27.9 Å². The van der Waals surface area contributed by atoms with Crippen molar-refractivity contribution in [1.29, 1.82) is 0 Å². The molecule has 0 bridgehead atoms. The molecule has 5 aromatic rings. The number of nitrogens with two attached hydrogens (primary N) is 1. The molecule has 210 valence electrons. The number of aromatic nitrogens is 3. The number of rotatable bonds is 9. The monoisotopic (exact) mass is 596 g/mol. The van der Waals surface area contributed by atoms with Gasteiger partial charge in [-0.2, -0.15) is 5.10 Å². The van der Waals surface area contributed by atoms with E-state index in [0.717, 1.165) is 36.2 Å². The van der Waals surface area contributed by atoms with Crippen LogP contribution in [0.2, 0.25) is 0 Å². The maximum atomic E-state index is 14.8. The zero-order valence-electron chi connectivity index (χ0n) is 21.4. The first kappa shape index (κ1) is 27.2. The summed E-state index contributed by atoms with van der Waals surface area (Å²) in [5, 5.41) is 12.5. The van der Waals surface area contributed by atoms with Crippen LogP contribution in [-0.4, -0.2) is 23.2 Å². The summed E-state index contributed by atoms with van der Waals surface area (Å²) >= 11 is 1.41. The van der Waals surface area contributed by atoms with Crippen molar-refractivity contribution in [2.45, 2.75) is 30.6 Å². The van der Waals surface area contributed by atoms with Crippen LogP contribution in [0.5, 0.6) is 11.5 Å². The second kappa shape index (κ2) is 10.8. The molecule has 0 unspecified atom stereocenters. The van der Waals surface area contributed by atoms with Crippen LogP contribution in [-0.2, 0) is 22.9 Å². The Labute approximate surface area is 238 Å². The van der Waals surface area contributed by atoms with Gasteiger partial charge in [-0.25, -0.2) is 36.4 Å². The molecule has 2 aromatic heterocycles. The van der Waals surface area contributed by atoms with E-state index in [9.17, 15) is 21.6 Å². The number of primary sulfonamides is 1. The van der Waals surface area contributed by atoms with E-state index in [2.05, 4.69) is 4.98 Å². The molecule has 3 aromatic carbocycles. The molecule has 1 saturated carbocycles. The summed E-state index contributed by atoms with van der Waals surface area (Å²) in [6.45, 7) is 0. The summed E-state index contributed by atoms with van der Waals surface area (Å²) in [6, 6.07) is 13.4. The van der Waals surface area contributed by atoms with Gasteiger partial charge in [0.2, 0.25) is 15.2 Å². The van der Waals surface area contributed by atoms with E-state index >= 15 is 0 Å². The lowest BCUT2D eigenvalue weighted by molar-refractivity contribution is 0.441. The number of nitrogens with zero attached hydrogens (tertiary/aromatic N) is 3. The summed E-state index contributed by atoms with van der Waals surface area (Å²) in [5.74, 6) is -1.35. The van der Waals surface area contributed by atoms with Crippen LogP contribution in [0.1, 0.15) is 29.7 Å². The van der Waals surface area contributed by atoms with Crippen molar-refractivity contribution >= 4 is 21.4 Å². The largest absolute Gasteiger partial charge is 0.454 e. The summed E-state index contributed by atoms with van der Waals surface area (Å²) in [7, 11) is -4.22. The predicted molar refractivity (Wildman–Crippen MR) is 148 cm³/mol. The highest BCUT2D eigenvalue weighted by Gasteiger charge is 2.29. The summed E-state index contributed by atoms with van der Waals surface area (Å²) in [6.07, 6.45) is 4.75. The van der Waals surface area contributed by atoms with Crippen LogP contribution in [0.25, 0.3) is 16.4 Å². The molecular weight excluding hydrogens is 573 g/mol. The SMILES string of the molecule is NS(=O)(=O)c1ccc(Cc2c(-c3ccc(F)c(Oc4ccc(F)cc4)c3)nn(-c3nccs3)c2CC2CC2)cc1F. The quantitative estimate of drug-likeness (QED) is 0.212. The van der Waals surface area contributed by atoms with Crippen molar-refractivity contribution < 1.29 is 26.3 Å². The van der Waals surface area contributed by atoms with Crippen molar-refractivity contribution in [3.63, 3.8) is 0 Å². The lowest BCUT2D eigenvalue weighted by Crippen LogP contribution is -2.14. The average molecular weight is 597 g/mol. The van der Waals surface area contributed by atoms with E-state index in [-0.39, 0.29) is 17.9 Å². The number of sulfonamides is 1. The van der Waals surface area contributed by atoms with Crippen LogP contribution in [0.4, 0.5) is 13.2 Å². The molecule has 7 nitrogen and oxygen atoms in total. The Bertz CT molecular complexity index is 1840. The van der Waals surface area contributed by atoms with Crippen LogP contribution in [0.15, 0.2) is 77.1 Å². The van der Waals surface area contributed by atoms with Gasteiger partial charge in [-0.15, -0.1) is 11.3 Å². The minimum Gasteiger partial charge on any atom is -0.454 e. The summed E-state index contributed by atoms with van der Waals surface area (Å²) in [4.78, 5) is 3.86. The van der Waals surface area contributed by atoms with Crippen LogP contribution < -0.4 is 9.88 Å². The maximum absolute atomic E-state index is 14.8. The molecule has 12 heteroatoms. The molecule has 1 aliphatic carbocycles. The average Bonchev–Trinajstić information content (AvgIpc) is 3.45. The zero-order valence-corrected chi connectivity index (χ0v) is 23.1. The molecule has 0 atom stereocenters. The van der Waals surface area contributed by atoms with Crippen LogP contribution in [0, 0.1) is 23.4 Å². The third-order valence-electron chi connectivity index (χ3n) is 6.80. The van der Waals surface area contributed by atoms with Gasteiger partial charge in [-0.1, -0.05) is 6.07 Å². The molecule has 6 rings (SSSR count). The molecule has 0 aliphatic heterocycles. The first-order chi connectivity index (χ1) is 19.7. The second-order valence-electron chi connectivity index (χ2n) is 9.84. The number of ether oxygens (including phenoxy) is 1. The number of hydrogen-bond donors (Lipinski definition) is 1. The standard InChI is InChI=1S/C29H23F3N4O3S2/c30-20-5-7-21(8-6-20)39-26-16-19(4-9-23(26)31)28-22(13-18-3-10-27(24(32)14-18)41(33,37)38)25(15-17-1-2-17)36(35-28)29-34-11-12-40-29/h3-12,14,16-17H,1-2,13,15H2,(H2,33,37,38). The van der Waals surface area contributed by atoms with E-state index in [1.807, 2.05) is 5.38 Å². The molecule has 0 spiro atoms. The normalized spacial score (nSPS) is 13.5. The van der Waals surface area contributed by atoms with Gasteiger partial charge in [0, 0.05) is 29.1 Å². The van der Waals surface area contributed by atoms with Gasteiger partial charge >= 0.3 is 0 Å². The number of hydrogen-bond acceptors (Lipinski definition) is 6.